The summed E-state index contributed by atoms with van der Waals surface area (Å²) in [4.78, 5) is 42.2. The highest BCUT2D eigenvalue weighted by Crippen LogP contribution is 2.25. The first-order chi connectivity index (χ1) is 12.6. The van der Waals surface area contributed by atoms with Crippen LogP contribution in [0.25, 0.3) is 0 Å². The van der Waals surface area contributed by atoms with Gasteiger partial charge in [0.25, 0.3) is 11.8 Å². The second kappa shape index (κ2) is 6.38. The van der Waals surface area contributed by atoms with Crippen LogP contribution in [0.15, 0.2) is 30.5 Å². The van der Waals surface area contributed by atoms with Gasteiger partial charge in [0.2, 0.25) is 0 Å². The average molecular weight is 355 g/mol. The zero-order chi connectivity index (χ0) is 18.3. The van der Waals surface area contributed by atoms with E-state index < -0.39 is 17.8 Å². The monoisotopic (exact) mass is 355 g/mol. The summed E-state index contributed by atoms with van der Waals surface area (Å²) in [5.74, 6) is -2.14. The van der Waals surface area contributed by atoms with E-state index in [1.54, 1.807) is 29.9 Å². The fourth-order valence-electron chi connectivity index (χ4n) is 3.20. The molecule has 1 aromatic carbocycles. The van der Waals surface area contributed by atoms with Crippen molar-refractivity contribution in [2.24, 2.45) is 0 Å². The SMILES string of the molecule is Cc1cn(C2CCOCC2)nc1C(=O)ON1C(=O)c2ccccc2C1=O. The average Bonchev–Trinajstić information content (AvgIpc) is 3.17. The number of fused-ring (bicyclic) bond motifs is 1. The van der Waals surface area contributed by atoms with Crippen molar-refractivity contribution < 1.29 is 24.0 Å². The molecule has 2 amide bonds. The van der Waals surface area contributed by atoms with Gasteiger partial charge in [0, 0.05) is 25.0 Å². The maximum atomic E-state index is 12.5. The maximum Gasteiger partial charge on any atom is 0.384 e. The van der Waals surface area contributed by atoms with Crippen molar-refractivity contribution in [3.63, 3.8) is 0 Å². The van der Waals surface area contributed by atoms with Gasteiger partial charge in [0.15, 0.2) is 5.69 Å². The molecule has 2 aromatic rings. The molecule has 2 aliphatic rings. The van der Waals surface area contributed by atoms with Crippen LogP contribution in [0.2, 0.25) is 0 Å². The van der Waals surface area contributed by atoms with Crippen molar-refractivity contribution in [1.82, 2.24) is 14.8 Å². The molecular formula is C18H17N3O5. The molecule has 4 rings (SSSR count). The van der Waals surface area contributed by atoms with Crippen molar-refractivity contribution in [1.29, 1.82) is 0 Å². The third kappa shape index (κ3) is 2.68. The van der Waals surface area contributed by atoms with Gasteiger partial charge >= 0.3 is 5.97 Å². The molecule has 0 spiro atoms. The first-order valence-corrected chi connectivity index (χ1v) is 8.40. The number of hydrogen-bond acceptors (Lipinski definition) is 6. The number of aromatic nitrogens is 2. The number of rotatable bonds is 3. The van der Waals surface area contributed by atoms with Crippen LogP contribution >= 0.6 is 0 Å². The highest BCUT2D eigenvalue weighted by Gasteiger charge is 2.39. The van der Waals surface area contributed by atoms with Crippen LogP contribution in [0.4, 0.5) is 0 Å². The van der Waals surface area contributed by atoms with Crippen molar-refractivity contribution in [2.75, 3.05) is 13.2 Å². The molecule has 2 aliphatic heterocycles. The van der Waals surface area contributed by atoms with E-state index in [-0.39, 0.29) is 22.9 Å². The van der Waals surface area contributed by atoms with E-state index in [4.69, 9.17) is 9.57 Å². The summed E-state index contributed by atoms with van der Waals surface area (Å²) in [6, 6.07) is 6.50. The van der Waals surface area contributed by atoms with Gasteiger partial charge in [-0.2, -0.15) is 5.10 Å². The van der Waals surface area contributed by atoms with Gasteiger partial charge in [-0.25, -0.2) is 4.79 Å². The van der Waals surface area contributed by atoms with Crippen LogP contribution < -0.4 is 0 Å². The quantitative estimate of drug-likeness (QED) is 0.781. The number of imide groups is 1. The number of amides is 2. The van der Waals surface area contributed by atoms with Crippen LogP contribution in [0.3, 0.4) is 0 Å². The Morgan fingerprint density at radius 3 is 2.38 bits per heavy atom. The molecule has 0 saturated carbocycles. The lowest BCUT2D eigenvalue weighted by Gasteiger charge is -2.22. The first-order valence-electron chi connectivity index (χ1n) is 8.40. The molecule has 0 bridgehead atoms. The minimum Gasteiger partial charge on any atom is -0.381 e. The Balaban J connectivity index is 1.53. The van der Waals surface area contributed by atoms with E-state index >= 15 is 0 Å². The molecule has 1 saturated heterocycles. The van der Waals surface area contributed by atoms with E-state index in [0.29, 0.717) is 23.8 Å². The minimum absolute atomic E-state index is 0.0908. The van der Waals surface area contributed by atoms with E-state index in [9.17, 15) is 14.4 Å². The van der Waals surface area contributed by atoms with Crippen LogP contribution in [-0.4, -0.2) is 45.8 Å². The fraction of sp³-hybridized carbons (Fsp3) is 0.333. The lowest BCUT2D eigenvalue weighted by Crippen LogP contribution is -2.33. The van der Waals surface area contributed by atoms with Crippen LogP contribution in [-0.2, 0) is 9.57 Å². The number of carbonyl (C=O) groups is 3. The van der Waals surface area contributed by atoms with Crippen molar-refractivity contribution >= 4 is 17.8 Å². The zero-order valence-corrected chi connectivity index (χ0v) is 14.2. The Morgan fingerprint density at radius 2 is 1.77 bits per heavy atom. The molecule has 1 aromatic heterocycles. The van der Waals surface area contributed by atoms with Gasteiger partial charge in [-0.05, 0) is 31.9 Å². The summed E-state index contributed by atoms with van der Waals surface area (Å²) in [7, 11) is 0. The fourth-order valence-corrected chi connectivity index (χ4v) is 3.20. The van der Waals surface area contributed by atoms with Crippen molar-refractivity contribution in [2.45, 2.75) is 25.8 Å². The molecule has 0 unspecified atom stereocenters. The van der Waals surface area contributed by atoms with Gasteiger partial charge in [-0.1, -0.05) is 17.2 Å². The normalized spacial score (nSPS) is 17.5. The second-order valence-electron chi connectivity index (χ2n) is 6.31. The van der Waals surface area contributed by atoms with E-state index in [0.717, 1.165) is 12.8 Å². The van der Waals surface area contributed by atoms with Crippen LogP contribution in [0.1, 0.15) is 55.7 Å². The maximum absolute atomic E-state index is 12.5. The number of aryl methyl sites for hydroxylation is 1. The van der Waals surface area contributed by atoms with Gasteiger partial charge < -0.3 is 9.57 Å². The topological polar surface area (TPSA) is 90.7 Å². The standard InChI is InChI=1S/C18H17N3O5/c1-11-10-20(12-6-8-25-9-7-12)19-15(11)18(24)26-21-16(22)13-4-2-3-5-14(13)17(21)23/h2-5,10,12H,6-9H2,1H3. The second-order valence-corrected chi connectivity index (χ2v) is 6.31. The first kappa shape index (κ1) is 16.5. The molecule has 26 heavy (non-hydrogen) atoms. The molecule has 1 fully saturated rings. The van der Waals surface area contributed by atoms with Crippen LogP contribution in [0.5, 0.6) is 0 Å². The predicted molar refractivity (Wildman–Crippen MR) is 88.4 cm³/mol. The highest BCUT2D eigenvalue weighted by atomic mass is 16.7. The summed E-state index contributed by atoms with van der Waals surface area (Å²) in [5, 5.41) is 4.81. The molecule has 0 radical (unpaired) electrons. The lowest BCUT2D eigenvalue weighted by atomic mass is 10.1. The Kier molecular flexibility index (Phi) is 4.04. The highest BCUT2D eigenvalue weighted by molar-refractivity contribution is 6.21. The summed E-state index contributed by atoms with van der Waals surface area (Å²) in [6.45, 7) is 3.04. The van der Waals surface area contributed by atoms with Gasteiger partial charge in [0.1, 0.15) is 0 Å². The number of hydroxylamine groups is 2. The Labute approximate surface area is 149 Å². The summed E-state index contributed by atoms with van der Waals surface area (Å²) in [6.07, 6.45) is 3.40. The minimum atomic E-state index is -0.831. The van der Waals surface area contributed by atoms with E-state index in [1.165, 1.54) is 12.1 Å². The third-order valence-electron chi connectivity index (χ3n) is 4.60. The van der Waals surface area contributed by atoms with Crippen molar-refractivity contribution in [3.8, 4) is 0 Å². The largest absolute Gasteiger partial charge is 0.384 e. The van der Waals surface area contributed by atoms with Crippen molar-refractivity contribution in [3.05, 3.63) is 52.8 Å². The van der Waals surface area contributed by atoms with E-state index in [2.05, 4.69) is 5.10 Å². The van der Waals surface area contributed by atoms with Gasteiger partial charge in [-0.15, -0.1) is 0 Å². The molecule has 0 N–H and O–H groups in total. The summed E-state index contributed by atoms with van der Waals surface area (Å²) in [5.41, 5.74) is 1.15. The third-order valence-corrected chi connectivity index (χ3v) is 4.60. The Bertz CT molecular complexity index is 863. The van der Waals surface area contributed by atoms with E-state index in [1.807, 2.05) is 0 Å². The molecule has 3 heterocycles. The number of benzene rings is 1. The van der Waals surface area contributed by atoms with Crippen LogP contribution in [0, 0.1) is 6.92 Å². The molecular weight excluding hydrogens is 338 g/mol. The summed E-state index contributed by atoms with van der Waals surface area (Å²) < 4.78 is 7.07. The molecule has 134 valence electrons. The summed E-state index contributed by atoms with van der Waals surface area (Å²) >= 11 is 0. The predicted octanol–water partition coefficient (Wildman–Crippen LogP) is 1.91. The number of nitrogens with zero attached hydrogens (tertiary/aromatic N) is 3. The lowest BCUT2D eigenvalue weighted by molar-refractivity contribution is -0.0589. The number of carbonyl (C=O) groups excluding carboxylic acids is 3. The van der Waals surface area contributed by atoms with Gasteiger partial charge in [0.05, 0.1) is 17.2 Å². The molecule has 0 aliphatic carbocycles. The zero-order valence-electron chi connectivity index (χ0n) is 14.2. The molecule has 8 heteroatoms. The number of ether oxygens (including phenoxy) is 1. The van der Waals surface area contributed by atoms with Gasteiger partial charge in [-0.3, -0.25) is 14.3 Å². The molecule has 0 atom stereocenters. The number of hydrogen-bond donors (Lipinski definition) is 0. The molecule has 8 nitrogen and oxygen atoms in total. The Hall–Kier alpha value is -3.00. The Morgan fingerprint density at radius 1 is 1.15 bits per heavy atom. The smallest absolute Gasteiger partial charge is 0.381 e.